The Kier molecular flexibility index (Phi) is 3.85. The number of hydrogen-bond acceptors (Lipinski definition) is 2. The number of benzene rings is 1. The van der Waals surface area contributed by atoms with E-state index in [0.717, 1.165) is 23.1 Å². The number of nitrogens with zero attached hydrogens (tertiary/aromatic N) is 1. The van der Waals surface area contributed by atoms with E-state index in [0.29, 0.717) is 5.56 Å². The van der Waals surface area contributed by atoms with Crippen molar-refractivity contribution in [2.75, 3.05) is 0 Å². The molecule has 1 aromatic heterocycles. The predicted octanol–water partition coefficient (Wildman–Crippen LogP) is 2.93. The van der Waals surface area contributed by atoms with E-state index in [-0.39, 0.29) is 12.4 Å². The zero-order valence-corrected chi connectivity index (χ0v) is 9.97. The molecule has 2 rings (SSSR count). The molecule has 0 fully saturated rings. The van der Waals surface area contributed by atoms with Gasteiger partial charge < -0.3 is 0 Å². The second-order valence-corrected chi connectivity index (χ2v) is 3.64. The van der Waals surface area contributed by atoms with Crippen LogP contribution < -0.4 is 0 Å². The van der Waals surface area contributed by atoms with E-state index in [1.807, 2.05) is 19.9 Å². The summed E-state index contributed by atoms with van der Waals surface area (Å²) in [7, 11) is 0. The molecule has 2 aromatic rings. The number of hydrogen-bond donors (Lipinski definition) is 1. The van der Waals surface area contributed by atoms with Gasteiger partial charge in [-0.3, -0.25) is 9.89 Å². The van der Waals surface area contributed by atoms with Crippen molar-refractivity contribution in [1.82, 2.24) is 10.2 Å². The maximum atomic E-state index is 10.8. The normalized spacial score (nSPS) is 9.62. The fourth-order valence-corrected chi connectivity index (χ4v) is 1.61. The van der Waals surface area contributed by atoms with Crippen LogP contribution in [-0.4, -0.2) is 16.5 Å². The van der Waals surface area contributed by atoms with Crippen LogP contribution in [-0.2, 0) is 0 Å². The van der Waals surface area contributed by atoms with E-state index >= 15 is 0 Å². The van der Waals surface area contributed by atoms with Crippen molar-refractivity contribution in [2.45, 2.75) is 13.8 Å². The number of nitrogens with one attached hydrogen (secondary N) is 1. The zero-order valence-electron chi connectivity index (χ0n) is 9.15. The number of rotatable bonds is 2. The van der Waals surface area contributed by atoms with E-state index in [1.165, 1.54) is 5.56 Å². The molecule has 3 nitrogen and oxygen atoms in total. The number of aromatic amines is 1. The minimum absolute atomic E-state index is 0. The van der Waals surface area contributed by atoms with Gasteiger partial charge in [-0.1, -0.05) is 17.7 Å². The standard InChI is InChI=1S/C12H12N2O.ClH/c1-8-3-4-9(2)11(5-8)12-10(7-15)6-13-14-12;/h3-7H,1-2H3,(H,13,14);1H. The fraction of sp³-hybridized carbons (Fsp3) is 0.167. The van der Waals surface area contributed by atoms with Gasteiger partial charge in [0.25, 0.3) is 0 Å². The van der Waals surface area contributed by atoms with Crippen LogP contribution in [0.2, 0.25) is 0 Å². The number of carbonyl (C=O) groups is 1. The molecular formula is C12H13ClN2O. The molecule has 0 aliphatic carbocycles. The van der Waals surface area contributed by atoms with Crippen LogP contribution in [0.1, 0.15) is 21.5 Å². The summed E-state index contributed by atoms with van der Waals surface area (Å²) in [6.07, 6.45) is 2.37. The van der Waals surface area contributed by atoms with Crippen molar-refractivity contribution in [2.24, 2.45) is 0 Å². The maximum Gasteiger partial charge on any atom is 0.153 e. The summed E-state index contributed by atoms with van der Waals surface area (Å²) in [5.74, 6) is 0. The molecule has 0 unspecified atom stereocenters. The van der Waals surface area contributed by atoms with Gasteiger partial charge in [-0.2, -0.15) is 5.10 Å². The van der Waals surface area contributed by atoms with E-state index in [2.05, 4.69) is 22.3 Å². The third-order valence-electron chi connectivity index (χ3n) is 2.46. The molecular weight excluding hydrogens is 224 g/mol. The highest BCUT2D eigenvalue weighted by atomic mass is 35.5. The predicted molar refractivity (Wildman–Crippen MR) is 66.1 cm³/mol. The largest absolute Gasteiger partial charge is 0.298 e. The lowest BCUT2D eigenvalue weighted by Crippen LogP contribution is -1.89. The van der Waals surface area contributed by atoms with Crippen molar-refractivity contribution in [3.8, 4) is 11.3 Å². The van der Waals surface area contributed by atoms with Gasteiger partial charge in [0.05, 0.1) is 17.5 Å². The highest BCUT2D eigenvalue weighted by Gasteiger charge is 2.09. The minimum atomic E-state index is 0. The number of halogens is 1. The Bertz CT molecular complexity index is 505. The van der Waals surface area contributed by atoms with Crippen LogP contribution >= 0.6 is 12.4 Å². The van der Waals surface area contributed by atoms with Crippen LogP contribution in [0.5, 0.6) is 0 Å². The van der Waals surface area contributed by atoms with Gasteiger partial charge in [0.15, 0.2) is 6.29 Å². The first-order chi connectivity index (χ1) is 7.22. The lowest BCUT2D eigenvalue weighted by molar-refractivity contribution is 0.112. The van der Waals surface area contributed by atoms with E-state index in [4.69, 9.17) is 0 Å². The van der Waals surface area contributed by atoms with Crippen molar-refractivity contribution >= 4 is 18.7 Å². The van der Waals surface area contributed by atoms with Gasteiger partial charge in [0.1, 0.15) is 0 Å². The van der Waals surface area contributed by atoms with Crippen LogP contribution in [0.4, 0.5) is 0 Å². The van der Waals surface area contributed by atoms with Gasteiger partial charge in [0.2, 0.25) is 0 Å². The molecule has 1 N–H and O–H groups in total. The Morgan fingerprint density at radius 2 is 2.06 bits per heavy atom. The molecule has 16 heavy (non-hydrogen) atoms. The van der Waals surface area contributed by atoms with Crippen LogP contribution in [0, 0.1) is 13.8 Å². The van der Waals surface area contributed by atoms with Gasteiger partial charge in [-0.15, -0.1) is 12.4 Å². The minimum Gasteiger partial charge on any atom is -0.298 e. The Morgan fingerprint density at radius 1 is 1.31 bits per heavy atom. The van der Waals surface area contributed by atoms with Gasteiger partial charge in [-0.25, -0.2) is 0 Å². The summed E-state index contributed by atoms with van der Waals surface area (Å²) in [4.78, 5) is 10.8. The summed E-state index contributed by atoms with van der Waals surface area (Å²) in [6, 6.07) is 6.14. The number of H-pyrrole nitrogens is 1. The molecule has 0 aliphatic heterocycles. The average Bonchev–Trinajstić information content (AvgIpc) is 2.69. The molecule has 1 aromatic carbocycles. The molecule has 84 valence electrons. The smallest absolute Gasteiger partial charge is 0.153 e. The molecule has 0 saturated heterocycles. The quantitative estimate of drug-likeness (QED) is 0.815. The number of aromatic nitrogens is 2. The summed E-state index contributed by atoms with van der Waals surface area (Å²) < 4.78 is 0. The van der Waals surface area contributed by atoms with Crippen LogP contribution in [0.25, 0.3) is 11.3 Å². The lowest BCUT2D eigenvalue weighted by atomic mass is 10.0. The van der Waals surface area contributed by atoms with Crippen LogP contribution in [0.15, 0.2) is 24.4 Å². The molecule has 0 spiro atoms. The molecule has 0 aliphatic rings. The van der Waals surface area contributed by atoms with Crippen molar-refractivity contribution < 1.29 is 4.79 Å². The van der Waals surface area contributed by atoms with Gasteiger partial charge in [-0.05, 0) is 25.5 Å². The molecule has 1 heterocycles. The van der Waals surface area contributed by atoms with Gasteiger partial charge in [0, 0.05) is 5.56 Å². The topological polar surface area (TPSA) is 45.8 Å². The molecule has 4 heteroatoms. The second kappa shape index (κ2) is 4.94. The van der Waals surface area contributed by atoms with Crippen molar-refractivity contribution in [1.29, 1.82) is 0 Å². The number of aryl methyl sites for hydroxylation is 2. The first-order valence-electron chi connectivity index (χ1n) is 4.78. The molecule has 0 amide bonds. The van der Waals surface area contributed by atoms with Crippen molar-refractivity contribution in [3.05, 3.63) is 41.1 Å². The average molecular weight is 237 g/mol. The van der Waals surface area contributed by atoms with E-state index < -0.39 is 0 Å². The highest BCUT2D eigenvalue weighted by Crippen LogP contribution is 2.24. The second-order valence-electron chi connectivity index (χ2n) is 3.64. The summed E-state index contributed by atoms with van der Waals surface area (Å²) >= 11 is 0. The lowest BCUT2D eigenvalue weighted by Gasteiger charge is -2.05. The van der Waals surface area contributed by atoms with E-state index in [1.54, 1.807) is 6.20 Å². The van der Waals surface area contributed by atoms with Crippen molar-refractivity contribution in [3.63, 3.8) is 0 Å². The number of aldehydes is 1. The first-order valence-corrected chi connectivity index (χ1v) is 4.78. The summed E-state index contributed by atoms with van der Waals surface area (Å²) in [5.41, 5.74) is 4.74. The third-order valence-corrected chi connectivity index (χ3v) is 2.46. The summed E-state index contributed by atoms with van der Waals surface area (Å²) in [5, 5.41) is 6.74. The molecule has 0 atom stereocenters. The maximum absolute atomic E-state index is 10.8. The Hall–Kier alpha value is -1.61. The SMILES string of the molecule is Cc1ccc(C)c(-c2[nH]ncc2C=O)c1.Cl. The third kappa shape index (κ3) is 2.14. The van der Waals surface area contributed by atoms with Crippen LogP contribution in [0.3, 0.4) is 0 Å². The highest BCUT2D eigenvalue weighted by molar-refractivity contribution is 5.86. The van der Waals surface area contributed by atoms with Gasteiger partial charge >= 0.3 is 0 Å². The van der Waals surface area contributed by atoms with E-state index in [9.17, 15) is 4.79 Å². The summed E-state index contributed by atoms with van der Waals surface area (Å²) in [6.45, 7) is 4.05. The first kappa shape index (κ1) is 12.5. The zero-order chi connectivity index (χ0) is 10.8. The Morgan fingerprint density at radius 3 is 2.75 bits per heavy atom. The Labute approximate surface area is 100 Å². The molecule has 0 saturated carbocycles. The fourth-order valence-electron chi connectivity index (χ4n) is 1.61. The Balaban J connectivity index is 0.00000128. The molecule has 0 radical (unpaired) electrons. The number of carbonyl (C=O) groups excluding carboxylic acids is 1. The monoisotopic (exact) mass is 236 g/mol. The molecule has 0 bridgehead atoms.